The molecule has 0 aliphatic carbocycles. The number of carbonyl (C=O) groups excluding carboxylic acids is 1. The summed E-state index contributed by atoms with van der Waals surface area (Å²) < 4.78 is 0. The fourth-order valence-corrected chi connectivity index (χ4v) is 2.57. The molecular weight excluding hydrogens is 252 g/mol. The number of amides is 1. The molecule has 0 aromatic heterocycles. The lowest BCUT2D eigenvalue weighted by molar-refractivity contribution is -0.137. The zero-order chi connectivity index (χ0) is 14.5. The van der Waals surface area contributed by atoms with Crippen LogP contribution in [0.2, 0.25) is 0 Å². The Hall–Kier alpha value is -1.39. The van der Waals surface area contributed by atoms with Gasteiger partial charge in [0.2, 0.25) is 5.91 Å². The van der Waals surface area contributed by atoms with Gasteiger partial charge in [0, 0.05) is 13.1 Å². The topological polar surface area (TPSA) is 66.6 Å². The van der Waals surface area contributed by atoms with Crippen LogP contribution in [0.3, 0.4) is 0 Å². The summed E-state index contributed by atoms with van der Waals surface area (Å²) in [6, 6.07) is 9.57. The van der Waals surface area contributed by atoms with Crippen molar-refractivity contribution in [3.8, 4) is 0 Å². The number of piperidine rings is 1. The van der Waals surface area contributed by atoms with E-state index in [9.17, 15) is 9.90 Å². The Bertz CT molecular complexity index is 435. The summed E-state index contributed by atoms with van der Waals surface area (Å²) >= 11 is 0. The molecule has 0 spiro atoms. The smallest absolute Gasteiger partial charge is 0.239 e. The van der Waals surface area contributed by atoms with Crippen LogP contribution in [0.15, 0.2) is 30.3 Å². The first-order valence-corrected chi connectivity index (χ1v) is 7.34. The number of likely N-dealkylation sites (tertiary alicyclic amines) is 1. The Labute approximate surface area is 120 Å². The van der Waals surface area contributed by atoms with Crippen LogP contribution in [0, 0.1) is 5.92 Å². The molecule has 4 heteroatoms. The second-order valence-corrected chi connectivity index (χ2v) is 5.75. The number of rotatable bonds is 4. The lowest BCUT2D eigenvalue weighted by Crippen LogP contribution is -2.51. The molecule has 3 unspecified atom stereocenters. The number of hydrogen-bond acceptors (Lipinski definition) is 3. The van der Waals surface area contributed by atoms with Crippen LogP contribution in [0.4, 0.5) is 0 Å². The van der Waals surface area contributed by atoms with Crippen LogP contribution in [0.5, 0.6) is 0 Å². The van der Waals surface area contributed by atoms with E-state index in [-0.39, 0.29) is 11.8 Å². The summed E-state index contributed by atoms with van der Waals surface area (Å²) in [5, 5.41) is 9.85. The van der Waals surface area contributed by atoms with Gasteiger partial charge in [-0.1, -0.05) is 37.3 Å². The van der Waals surface area contributed by atoms with Crippen molar-refractivity contribution >= 4 is 5.91 Å². The molecule has 1 aliphatic heterocycles. The normalized spacial score (nSPS) is 24.4. The van der Waals surface area contributed by atoms with Crippen molar-refractivity contribution in [2.75, 3.05) is 13.1 Å². The van der Waals surface area contributed by atoms with Crippen molar-refractivity contribution in [1.82, 2.24) is 4.90 Å². The molecular formula is C16H24N2O2. The number of β-amino-alcohol motifs (C(OH)–C–C–N with tert-alkyl or cyclic N) is 1. The molecule has 1 aromatic rings. The second kappa shape index (κ2) is 6.86. The number of aryl methyl sites for hydroxylation is 1. The van der Waals surface area contributed by atoms with Crippen molar-refractivity contribution in [1.29, 1.82) is 0 Å². The van der Waals surface area contributed by atoms with E-state index >= 15 is 0 Å². The Morgan fingerprint density at radius 2 is 2.15 bits per heavy atom. The number of hydrogen-bond donors (Lipinski definition) is 2. The highest BCUT2D eigenvalue weighted by molar-refractivity contribution is 5.81. The fourth-order valence-electron chi connectivity index (χ4n) is 2.57. The van der Waals surface area contributed by atoms with Gasteiger partial charge in [0.15, 0.2) is 0 Å². The average Bonchev–Trinajstić information content (AvgIpc) is 2.48. The zero-order valence-corrected chi connectivity index (χ0v) is 12.0. The van der Waals surface area contributed by atoms with E-state index in [0.717, 1.165) is 12.8 Å². The van der Waals surface area contributed by atoms with Gasteiger partial charge in [0.05, 0.1) is 12.1 Å². The van der Waals surface area contributed by atoms with Crippen LogP contribution in [-0.2, 0) is 11.2 Å². The predicted octanol–water partition coefficient (Wildman–Crippen LogP) is 1.18. The van der Waals surface area contributed by atoms with Gasteiger partial charge in [0.1, 0.15) is 0 Å². The predicted molar refractivity (Wildman–Crippen MR) is 79.1 cm³/mol. The number of aliphatic hydroxyl groups excluding tert-OH is 1. The van der Waals surface area contributed by atoms with E-state index in [2.05, 4.69) is 0 Å². The molecule has 0 radical (unpaired) electrons. The highest BCUT2D eigenvalue weighted by Gasteiger charge is 2.29. The van der Waals surface area contributed by atoms with Crippen LogP contribution < -0.4 is 5.73 Å². The largest absolute Gasteiger partial charge is 0.391 e. The summed E-state index contributed by atoms with van der Waals surface area (Å²) in [6.07, 6.45) is 1.87. The first kappa shape index (κ1) is 15.0. The molecule has 0 bridgehead atoms. The minimum atomic E-state index is -0.476. The summed E-state index contributed by atoms with van der Waals surface area (Å²) in [7, 11) is 0. The summed E-state index contributed by atoms with van der Waals surface area (Å²) in [5.41, 5.74) is 7.20. The monoisotopic (exact) mass is 276 g/mol. The van der Waals surface area contributed by atoms with E-state index in [1.807, 2.05) is 37.3 Å². The SMILES string of the molecule is CC1CCN(C(=O)C(N)CCc2ccccc2)CC1O. The number of carbonyl (C=O) groups is 1. The third-order valence-corrected chi connectivity index (χ3v) is 4.13. The number of nitrogens with zero attached hydrogens (tertiary/aromatic N) is 1. The number of benzene rings is 1. The lowest BCUT2D eigenvalue weighted by Gasteiger charge is -2.35. The molecule has 20 heavy (non-hydrogen) atoms. The summed E-state index contributed by atoms with van der Waals surface area (Å²) in [4.78, 5) is 14.0. The minimum Gasteiger partial charge on any atom is -0.391 e. The molecule has 3 N–H and O–H groups in total. The quantitative estimate of drug-likeness (QED) is 0.867. The Morgan fingerprint density at radius 3 is 2.80 bits per heavy atom. The van der Waals surface area contributed by atoms with E-state index in [1.165, 1.54) is 5.56 Å². The molecule has 0 saturated carbocycles. The maximum atomic E-state index is 12.3. The molecule has 1 fully saturated rings. The van der Waals surface area contributed by atoms with Crippen molar-refractivity contribution in [3.05, 3.63) is 35.9 Å². The van der Waals surface area contributed by atoms with Gasteiger partial charge in [-0.05, 0) is 30.7 Å². The number of nitrogens with two attached hydrogens (primary N) is 1. The van der Waals surface area contributed by atoms with E-state index < -0.39 is 12.1 Å². The zero-order valence-electron chi connectivity index (χ0n) is 12.0. The van der Waals surface area contributed by atoms with Crippen LogP contribution >= 0.6 is 0 Å². The van der Waals surface area contributed by atoms with Crippen molar-refractivity contribution in [3.63, 3.8) is 0 Å². The molecule has 1 aliphatic rings. The Balaban J connectivity index is 1.83. The van der Waals surface area contributed by atoms with E-state index in [1.54, 1.807) is 4.90 Å². The van der Waals surface area contributed by atoms with Gasteiger partial charge < -0.3 is 15.7 Å². The molecule has 2 rings (SSSR count). The average molecular weight is 276 g/mol. The maximum Gasteiger partial charge on any atom is 0.239 e. The minimum absolute atomic E-state index is 0.0353. The van der Waals surface area contributed by atoms with Gasteiger partial charge in [-0.25, -0.2) is 0 Å². The molecule has 1 saturated heterocycles. The first-order chi connectivity index (χ1) is 9.58. The fraction of sp³-hybridized carbons (Fsp3) is 0.562. The Kier molecular flexibility index (Phi) is 5.15. The van der Waals surface area contributed by atoms with E-state index in [0.29, 0.717) is 19.5 Å². The van der Waals surface area contributed by atoms with Crippen molar-refractivity contribution in [2.24, 2.45) is 11.7 Å². The molecule has 1 heterocycles. The summed E-state index contributed by atoms with van der Waals surface area (Å²) in [5.74, 6) is 0.228. The lowest BCUT2D eigenvalue weighted by atomic mass is 9.95. The number of aliphatic hydroxyl groups is 1. The van der Waals surface area contributed by atoms with Crippen molar-refractivity contribution < 1.29 is 9.90 Å². The molecule has 1 aromatic carbocycles. The third kappa shape index (κ3) is 3.81. The van der Waals surface area contributed by atoms with Gasteiger partial charge in [-0.3, -0.25) is 4.79 Å². The van der Waals surface area contributed by atoms with Crippen LogP contribution in [0.25, 0.3) is 0 Å². The second-order valence-electron chi connectivity index (χ2n) is 5.75. The van der Waals surface area contributed by atoms with Gasteiger partial charge in [0.25, 0.3) is 0 Å². The van der Waals surface area contributed by atoms with Crippen LogP contribution in [-0.4, -0.2) is 41.1 Å². The van der Waals surface area contributed by atoms with Gasteiger partial charge in [-0.2, -0.15) is 0 Å². The first-order valence-electron chi connectivity index (χ1n) is 7.34. The third-order valence-electron chi connectivity index (χ3n) is 4.13. The van der Waals surface area contributed by atoms with E-state index in [4.69, 9.17) is 5.73 Å². The van der Waals surface area contributed by atoms with Gasteiger partial charge in [-0.15, -0.1) is 0 Å². The highest BCUT2D eigenvalue weighted by atomic mass is 16.3. The highest BCUT2D eigenvalue weighted by Crippen LogP contribution is 2.18. The van der Waals surface area contributed by atoms with Gasteiger partial charge >= 0.3 is 0 Å². The molecule has 4 nitrogen and oxygen atoms in total. The summed E-state index contributed by atoms with van der Waals surface area (Å²) in [6.45, 7) is 3.14. The molecule has 3 atom stereocenters. The van der Waals surface area contributed by atoms with Crippen molar-refractivity contribution in [2.45, 2.75) is 38.3 Å². The Morgan fingerprint density at radius 1 is 1.45 bits per heavy atom. The maximum absolute atomic E-state index is 12.3. The molecule has 1 amide bonds. The standard InChI is InChI=1S/C16H24N2O2/c1-12-9-10-18(11-15(12)19)16(20)14(17)8-7-13-5-3-2-4-6-13/h2-6,12,14-15,19H,7-11,17H2,1H3. The molecule has 110 valence electrons. The van der Waals surface area contributed by atoms with Crippen LogP contribution in [0.1, 0.15) is 25.3 Å².